The maximum atomic E-state index is 6.07. The first-order chi connectivity index (χ1) is 12.9. The summed E-state index contributed by atoms with van der Waals surface area (Å²) in [5.41, 5.74) is 2.24. The molecular weight excluding hydrogens is 322 g/mol. The number of fused-ring (bicyclic) bond motifs is 1. The molecule has 0 aliphatic heterocycles. The Morgan fingerprint density at radius 1 is 0.615 bits per heavy atom. The average molecular weight is 341 g/mol. The van der Waals surface area contributed by atoms with Gasteiger partial charge in [0.1, 0.15) is 13.2 Å². The van der Waals surface area contributed by atoms with Crippen LogP contribution in [0.4, 0.5) is 0 Å². The zero-order chi connectivity index (χ0) is 17.6. The van der Waals surface area contributed by atoms with E-state index in [1.165, 1.54) is 0 Å². The van der Waals surface area contributed by atoms with Gasteiger partial charge in [-0.2, -0.15) is 0 Å². The number of ether oxygens (including phenoxy) is 2. The molecule has 3 heteroatoms. The molecular formula is C23H19NO2. The zero-order valence-corrected chi connectivity index (χ0v) is 14.3. The fourth-order valence-corrected chi connectivity index (χ4v) is 2.79. The quantitative estimate of drug-likeness (QED) is 0.471. The number of aromatic nitrogens is 1. The Balaban J connectivity index is 1.60. The summed E-state index contributed by atoms with van der Waals surface area (Å²) in [6.07, 6.45) is 3.62. The van der Waals surface area contributed by atoms with E-state index in [0.717, 1.165) is 33.4 Å². The Hall–Kier alpha value is -3.33. The van der Waals surface area contributed by atoms with Crippen molar-refractivity contribution in [1.29, 1.82) is 0 Å². The predicted octanol–water partition coefficient (Wildman–Crippen LogP) is 5.39. The van der Waals surface area contributed by atoms with Crippen molar-refractivity contribution in [2.24, 2.45) is 0 Å². The summed E-state index contributed by atoms with van der Waals surface area (Å²) < 4.78 is 12.1. The largest absolute Gasteiger partial charge is 0.485 e. The lowest BCUT2D eigenvalue weighted by molar-refractivity contribution is 0.256. The van der Waals surface area contributed by atoms with E-state index in [0.29, 0.717) is 13.2 Å². The minimum atomic E-state index is 0.494. The summed E-state index contributed by atoms with van der Waals surface area (Å²) in [6.45, 7) is 0.993. The Labute approximate surface area is 152 Å². The Bertz CT molecular complexity index is 903. The third-order valence-electron chi connectivity index (χ3n) is 4.18. The van der Waals surface area contributed by atoms with Crippen molar-refractivity contribution in [3.05, 3.63) is 102 Å². The summed E-state index contributed by atoms with van der Waals surface area (Å²) in [4.78, 5) is 4.20. The van der Waals surface area contributed by atoms with Crippen LogP contribution in [0.15, 0.2) is 91.3 Å². The van der Waals surface area contributed by atoms with Gasteiger partial charge in [-0.3, -0.25) is 4.98 Å². The van der Waals surface area contributed by atoms with E-state index in [1.54, 1.807) is 6.20 Å². The molecule has 4 rings (SSSR count). The zero-order valence-electron chi connectivity index (χ0n) is 14.3. The van der Waals surface area contributed by atoms with Crippen molar-refractivity contribution in [1.82, 2.24) is 4.98 Å². The van der Waals surface area contributed by atoms with Gasteiger partial charge in [-0.15, -0.1) is 0 Å². The molecule has 1 aromatic heterocycles. The van der Waals surface area contributed by atoms with Crippen LogP contribution in [-0.4, -0.2) is 4.98 Å². The third-order valence-corrected chi connectivity index (χ3v) is 4.18. The van der Waals surface area contributed by atoms with Gasteiger partial charge in [0.15, 0.2) is 11.5 Å². The number of hydrogen-bond donors (Lipinski definition) is 0. The van der Waals surface area contributed by atoms with Gasteiger partial charge >= 0.3 is 0 Å². The molecule has 1 heterocycles. The summed E-state index contributed by atoms with van der Waals surface area (Å²) in [7, 11) is 0. The lowest BCUT2D eigenvalue weighted by Crippen LogP contribution is -2.00. The highest BCUT2D eigenvalue weighted by atomic mass is 16.5. The highest BCUT2D eigenvalue weighted by molar-refractivity contribution is 5.85. The molecule has 4 aromatic rings. The minimum Gasteiger partial charge on any atom is -0.485 e. The minimum absolute atomic E-state index is 0.494. The first-order valence-corrected chi connectivity index (χ1v) is 8.60. The van der Waals surface area contributed by atoms with E-state index >= 15 is 0 Å². The Kier molecular flexibility index (Phi) is 4.79. The van der Waals surface area contributed by atoms with E-state index in [4.69, 9.17) is 9.47 Å². The van der Waals surface area contributed by atoms with Crippen LogP contribution in [0.2, 0.25) is 0 Å². The molecule has 0 fully saturated rings. The standard InChI is InChI=1S/C23H19NO2/c1-3-7-18(8-4-1)16-25-22-13-20-11-12-24-15-21(20)14-23(22)26-17-19-9-5-2-6-10-19/h1-15H,16-17H2. The van der Waals surface area contributed by atoms with Gasteiger partial charge in [-0.25, -0.2) is 0 Å². The van der Waals surface area contributed by atoms with E-state index in [9.17, 15) is 0 Å². The van der Waals surface area contributed by atoms with E-state index in [-0.39, 0.29) is 0 Å². The topological polar surface area (TPSA) is 31.4 Å². The van der Waals surface area contributed by atoms with Gasteiger partial charge in [-0.1, -0.05) is 60.7 Å². The molecule has 0 atom stereocenters. The predicted molar refractivity (Wildman–Crippen MR) is 103 cm³/mol. The Morgan fingerprint density at radius 3 is 1.73 bits per heavy atom. The highest BCUT2D eigenvalue weighted by Crippen LogP contribution is 2.33. The fraction of sp³-hybridized carbons (Fsp3) is 0.0870. The summed E-state index contributed by atoms with van der Waals surface area (Å²) in [5, 5.41) is 2.11. The van der Waals surface area contributed by atoms with Gasteiger partial charge in [0, 0.05) is 17.8 Å². The fourth-order valence-electron chi connectivity index (χ4n) is 2.79. The van der Waals surface area contributed by atoms with E-state index in [1.807, 2.05) is 72.9 Å². The molecule has 0 aliphatic carbocycles. The van der Waals surface area contributed by atoms with Crippen molar-refractivity contribution >= 4 is 10.8 Å². The Morgan fingerprint density at radius 2 is 1.15 bits per heavy atom. The van der Waals surface area contributed by atoms with Gasteiger partial charge in [0.25, 0.3) is 0 Å². The van der Waals surface area contributed by atoms with Crippen LogP contribution >= 0.6 is 0 Å². The molecule has 0 aliphatic rings. The van der Waals surface area contributed by atoms with Crippen LogP contribution in [-0.2, 0) is 13.2 Å². The van der Waals surface area contributed by atoms with Crippen molar-refractivity contribution in [3.8, 4) is 11.5 Å². The SMILES string of the molecule is c1ccc(COc2cc3ccncc3cc2OCc2ccccc2)cc1. The van der Waals surface area contributed by atoms with Gasteiger partial charge in [-0.05, 0) is 34.7 Å². The summed E-state index contributed by atoms with van der Waals surface area (Å²) in [5.74, 6) is 1.47. The molecule has 0 bridgehead atoms. The lowest BCUT2D eigenvalue weighted by Gasteiger charge is -2.14. The van der Waals surface area contributed by atoms with Crippen LogP contribution in [0, 0.1) is 0 Å². The van der Waals surface area contributed by atoms with Gasteiger partial charge in [0.05, 0.1) is 0 Å². The van der Waals surface area contributed by atoms with E-state index in [2.05, 4.69) is 17.1 Å². The maximum absolute atomic E-state index is 6.07. The summed E-state index contributed by atoms with van der Waals surface area (Å²) in [6, 6.07) is 26.2. The molecule has 128 valence electrons. The summed E-state index contributed by atoms with van der Waals surface area (Å²) >= 11 is 0. The molecule has 0 saturated carbocycles. The number of pyridine rings is 1. The molecule has 3 aromatic carbocycles. The number of nitrogens with zero attached hydrogens (tertiary/aromatic N) is 1. The van der Waals surface area contributed by atoms with Crippen molar-refractivity contribution in [2.75, 3.05) is 0 Å². The lowest BCUT2D eigenvalue weighted by atomic mass is 10.1. The second-order valence-corrected chi connectivity index (χ2v) is 6.07. The molecule has 26 heavy (non-hydrogen) atoms. The second kappa shape index (κ2) is 7.70. The molecule has 0 saturated heterocycles. The first kappa shape index (κ1) is 16.2. The van der Waals surface area contributed by atoms with Crippen LogP contribution in [0.3, 0.4) is 0 Å². The van der Waals surface area contributed by atoms with Crippen molar-refractivity contribution in [2.45, 2.75) is 13.2 Å². The molecule has 0 unspecified atom stereocenters. The first-order valence-electron chi connectivity index (χ1n) is 8.60. The van der Waals surface area contributed by atoms with Crippen LogP contribution < -0.4 is 9.47 Å². The highest BCUT2D eigenvalue weighted by Gasteiger charge is 2.09. The van der Waals surface area contributed by atoms with Crippen molar-refractivity contribution in [3.63, 3.8) is 0 Å². The van der Waals surface area contributed by atoms with Gasteiger partial charge < -0.3 is 9.47 Å². The number of hydrogen-bond acceptors (Lipinski definition) is 3. The molecule has 0 amide bonds. The molecule has 0 N–H and O–H groups in total. The van der Waals surface area contributed by atoms with Crippen molar-refractivity contribution < 1.29 is 9.47 Å². The maximum Gasteiger partial charge on any atom is 0.162 e. The third kappa shape index (κ3) is 3.83. The van der Waals surface area contributed by atoms with Crippen LogP contribution in [0.25, 0.3) is 10.8 Å². The van der Waals surface area contributed by atoms with E-state index < -0.39 is 0 Å². The number of benzene rings is 3. The molecule has 0 radical (unpaired) electrons. The average Bonchev–Trinajstić information content (AvgIpc) is 2.72. The monoisotopic (exact) mass is 341 g/mol. The van der Waals surface area contributed by atoms with Crippen LogP contribution in [0.1, 0.15) is 11.1 Å². The molecule has 3 nitrogen and oxygen atoms in total. The second-order valence-electron chi connectivity index (χ2n) is 6.07. The molecule has 0 spiro atoms. The van der Waals surface area contributed by atoms with Gasteiger partial charge in [0.2, 0.25) is 0 Å². The normalized spacial score (nSPS) is 10.6. The number of rotatable bonds is 6. The van der Waals surface area contributed by atoms with Crippen LogP contribution in [0.5, 0.6) is 11.5 Å². The smallest absolute Gasteiger partial charge is 0.162 e.